The zero-order valence-electron chi connectivity index (χ0n) is 34.2. The summed E-state index contributed by atoms with van der Waals surface area (Å²) >= 11 is 0. The highest BCUT2D eigenvalue weighted by molar-refractivity contribution is 5.97. The van der Waals surface area contributed by atoms with Crippen molar-refractivity contribution in [3.63, 3.8) is 0 Å². The van der Waals surface area contributed by atoms with Crippen LogP contribution >= 0.6 is 0 Å². The molecule has 5 fully saturated rings. The second-order valence-electron chi connectivity index (χ2n) is 18.9. The van der Waals surface area contributed by atoms with Crippen molar-refractivity contribution in [2.45, 2.75) is 163 Å². The molecule has 0 aromatic heterocycles. The average Bonchev–Trinajstić information content (AvgIpc) is 3.62. The predicted molar refractivity (Wildman–Crippen MR) is 206 cm³/mol. The highest BCUT2D eigenvalue weighted by Crippen LogP contribution is 2.73. The normalized spacial score (nSPS) is 34.8. The van der Waals surface area contributed by atoms with Gasteiger partial charge in [0.15, 0.2) is 0 Å². The molecule has 3 saturated carbocycles. The number of cyclic esters (lactones) is 4. The number of hydrogen-bond donors (Lipinski definition) is 2. The van der Waals surface area contributed by atoms with Crippen LogP contribution in [-0.2, 0) is 38.2 Å². The minimum absolute atomic E-state index is 0.0217. The molecule has 0 bridgehead atoms. The average molecular weight is 769 g/mol. The summed E-state index contributed by atoms with van der Waals surface area (Å²) in [6.07, 6.45) is 19.1. The molecule has 0 spiro atoms. The maximum absolute atomic E-state index is 14.1. The maximum atomic E-state index is 14.1. The Hall–Kier alpha value is -3.04. The molecule has 0 aromatic carbocycles. The molecular formula is C45H68O10. The van der Waals surface area contributed by atoms with E-state index in [-0.39, 0.29) is 53.8 Å². The highest BCUT2D eigenvalue weighted by atomic mass is 16.6. The minimum atomic E-state index is -0.861. The van der Waals surface area contributed by atoms with Crippen LogP contribution in [0.5, 0.6) is 0 Å². The van der Waals surface area contributed by atoms with Gasteiger partial charge in [-0.15, -0.1) is 0 Å². The van der Waals surface area contributed by atoms with Crippen LogP contribution in [0.25, 0.3) is 0 Å². The lowest BCUT2D eigenvalue weighted by Gasteiger charge is -2.68. The van der Waals surface area contributed by atoms with Crippen molar-refractivity contribution in [2.75, 3.05) is 0 Å². The number of esters is 4. The lowest BCUT2D eigenvalue weighted by Crippen LogP contribution is -2.65. The molecule has 10 heteroatoms. The number of aliphatic carboxylic acids is 2. The van der Waals surface area contributed by atoms with E-state index in [9.17, 15) is 33.9 Å². The topological polar surface area (TPSA) is 161 Å². The number of carboxylic acids is 2. The van der Waals surface area contributed by atoms with Crippen LogP contribution in [0.15, 0.2) is 12.2 Å². The molecule has 0 aromatic rings. The summed E-state index contributed by atoms with van der Waals surface area (Å²) in [5.74, 6) is -4.80. The number of carbonyl (C=O) groups is 6. The third kappa shape index (κ3) is 8.63. The molecule has 308 valence electrons. The monoisotopic (exact) mass is 768 g/mol. The van der Waals surface area contributed by atoms with Crippen LogP contribution in [-0.4, -0.2) is 46.0 Å². The first-order valence-corrected chi connectivity index (χ1v) is 21.7. The lowest BCUT2D eigenvalue weighted by molar-refractivity contribution is -0.220. The third-order valence-corrected chi connectivity index (χ3v) is 15.5. The molecule has 2 heterocycles. The Morgan fingerprint density at radius 2 is 1.55 bits per heavy atom. The molecule has 10 unspecified atom stereocenters. The van der Waals surface area contributed by atoms with Crippen molar-refractivity contribution in [3.05, 3.63) is 12.2 Å². The number of rotatable bonds is 20. The van der Waals surface area contributed by atoms with Gasteiger partial charge >= 0.3 is 35.8 Å². The standard InChI is InChI=1S/C45H68O10/c1-6-7-8-12-16-29(32-27-36(48)54-40(32)50)19-20-30(17-13-10-9-11-14-18-35(46)47)37(28(2)3)45-26-23-33-43(4,24-15-25-44(33,5)42(52)53)34(45)22-21-31-38(45)41(51)55-39(31)49/h12,16,28-34,37-38H,6-11,13-15,17-27H2,1-5H3,(H,46,47)(H,52,53)/b16-12+/t29?,30?,31?,32?,33?,34?,37?,38-,43?,44?,45?/m0/s1. The second-order valence-corrected chi connectivity index (χ2v) is 18.9. The summed E-state index contributed by atoms with van der Waals surface area (Å²) in [5, 5.41) is 19.8. The fraction of sp³-hybridized carbons (Fsp3) is 0.822. The molecule has 0 amide bonds. The van der Waals surface area contributed by atoms with E-state index in [1.807, 2.05) is 6.92 Å². The largest absolute Gasteiger partial charge is 0.481 e. The number of hydrogen-bond acceptors (Lipinski definition) is 8. The predicted octanol–water partition coefficient (Wildman–Crippen LogP) is 9.33. The van der Waals surface area contributed by atoms with Gasteiger partial charge in [0.1, 0.15) is 0 Å². The summed E-state index contributed by atoms with van der Waals surface area (Å²) in [6, 6.07) is 0. The first kappa shape index (κ1) is 43.1. The minimum Gasteiger partial charge on any atom is -0.481 e. The van der Waals surface area contributed by atoms with Crippen LogP contribution < -0.4 is 0 Å². The number of fused-ring (bicyclic) bond motifs is 5. The summed E-state index contributed by atoms with van der Waals surface area (Å²) < 4.78 is 10.6. The van der Waals surface area contributed by atoms with Crippen LogP contribution in [0.4, 0.5) is 0 Å². The van der Waals surface area contributed by atoms with Gasteiger partial charge < -0.3 is 19.7 Å². The Kier molecular flexibility index (Phi) is 14.1. The van der Waals surface area contributed by atoms with Gasteiger partial charge in [-0.1, -0.05) is 91.2 Å². The van der Waals surface area contributed by atoms with E-state index in [1.54, 1.807) is 0 Å². The fourth-order valence-corrected chi connectivity index (χ4v) is 13.3. The molecule has 2 N–H and O–H groups in total. The molecule has 5 aliphatic rings. The molecule has 10 nitrogen and oxygen atoms in total. The van der Waals surface area contributed by atoms with Crippen molar-refractivity contribution in [3.8, 4) is 0 Å². The smallest absolute Gasteiger partial charge is 0.318 e. The van der Waals surface area contributed by atoms with Crippen LogP contribution in [0.2, 0.25) is 0 Å². The van der Waals surface area contributed by atoms with E-state index in [2.05, 4.69) is 39.8 Å². The summed E-state index contributed by atoms with van der Waals surface area (Å²) in [5.41, 5.74) is -1.76. The van der Waals surface area contributed by atoms with Crippen LogP contribution in [0, 0.1) is 69.5 Å². The first-order valence-electron chi connectivity index (χ1n) is 21.7. The zero-order valence-corrected chi connectivity index (χ0v) is 34.2. The van der Waals surface area contributed by atoms with Gasteiger partial charge in [-0.3, -0.25) is 28.8 Å². The summed E-state index contributed by atoms with van der Waals surface area (Å²) in [7, 11) is 0. The van der Waals surface area contributed by atoms with E-state index in [1.165, 1.54) is 0 Å². The maximum Gasteiger partial charge on any atom is 0.318 e. The highest BCUT2D eigenvalue weighted by Gasteiger charge is 2.72. The molecule has 3 aliphatic carbocycles. The van der Waals surface area contributed by atoms with Crippen molar-refractivity contribution in [1.29, 1.82) is 0 Å². The van der Waals surface area contributed by atoms with Gasteiger partial charge in [-0.25, -0.2) is 0 Å². The van der Waals surface area contributed by atoms with E-state index < -0.39 is 64.4 Å². The Bertz CT molecular complexity index is 1470. The summed E-state index contributed by atoms with van der Waals surface area (Å²) in [4.78, 5) is 77.0. The van der Waals surface area contributed by atoms with Gasteiger partial charge in [0.2, 0.25) is 0 Å². The van der Waals surface area contributed by atoms with Crippen molar-refractivity contribution in [2.24, 2.45) is 69.5 Å². The zero-order chi connectivity index (χ0) is 40.1. The fourth-order valence-electron chi connectivity index (χ4n) is 13.3. The van der Waals surface area contributed by atoms with Gasteiger partial charge in [-0.2, -0.15) is 0 Å². The van der Waals surface area contributed by atoms with Crippen molar-refractivity contribution in [1.82, 2.24) is 0 Å². The number of ether oxygens (including phenoxy) is 2. The van der Waals surface area contributed by atoms with Crippen LogP contribution in [0.1, 0.15) is 163 Å². The first-order chi connectivity index (χ1) is 26.1. The Balaban J connectivity index is 1.55. The van der Waals surface area contributed by atoms with E-state index in [0.29, 0.717) is 38.5 Å². The lowest BCUT2D eigenvalue weighted by atomic mass is 9.34. The second kappa shape index (κ2) is 18.0. The molecule has 2 aliphatic heterocycles. The van der Waals surface area contributed by atoms with Gasteiger partial charge in [-0.05, 0) is 117 Å². The molecule has 11 atom stereocenters. The van der Waals surface area contributed by atoms with Crippen LogP contribution in [0.3, 0.4) is 0 Å². The quantitative estimate of drug-likeness (QED) is 0.0528. The molecular weight excluding hydrogens is 700 g/mol. The van der Waals surface area contributed by atoms with Gasteiger partial charge in [0.25, 0.3) is 0 Å². The molecule has 2 saturated heterocycles. The number of unbranched alkanes of at least 4 members (excludes halogenated alkanes) is 6. The molecule has 0 radical (unpaired) electrons. The van der Waals surface area contributed by atoms with E-state index >= 15 is 0 Å². The van der Waals surface area contributed by atoms with Crippen molar-refractivity contribution >= 4 is 35.8 Å². The number of allylic oxidation sites excluding steroid dienone is 2. The number of carboxylic acid groups (broad SMARTS) is 2. The molecule has 55 heavy (non-hydrogen) atoms. The number of carbonyl (C=O) groups excluding carboxylic acids is 4. The van der Waals surface area contributed by atoms with Crippen molar-refractivity contribution < 1.29 is 48.5 Å². The Morgan fingerprint density at radius 1 is 0.818 bits per heavy atom. The van der Waals surface area contributed by atoms with Gasteiger partial charge in [0.05, 0.1) is 29.6 Å². The molecule has 5 rings (SSSR count). The van der Waals surface area contributed by atoms with E-state index in [4.69, 9.17) is 14.6 Å². The Morgan fingerprint density at radius 3 is 2.20 bits per heavy atom. The summed E-state index contributed by atoms with van der Waals surface area (Å²) in [6.45, 7) is 10.8. The third-order valence-electron chi connectivity index (χ3n) is 15.5. The van der Waals surface area contributed by atoms with Gasteiger partial charge in [0, 0.05) is 6.42 Å². The Labute approximate surface area is 328 Å². The SMILES string of the molecule is CCCC/C=C/C(CCC(CCCCCCCC(=O)O)C(C(C)C)C12CCC3C(C)(C(=O)O)CCCC3(C)C1CCC1C(=O)OC(=O)[C@H]12)C1CC(=O)OC1=O. The van der Waals surface area contributed by atoms with E-state index in [0.717, 1.165) is 77.0 Å².